The summed E-state index contributed by atoms with van der Waals surface area (Å²) < 4.78 is 29.5. The highest BCUT2D eigenvalue weighted by Gasteiger charge is 2.15. The molecule has 2 N–H and O–H groups in total. The number of sulfonamides is 1. The molecule has 0 aliphatic carbocycles. The van der Waals surface area contributed by atoms with Crippen molar-refractivity contribution in [3.05, 3.63) is 52.8 Å². The van der Waals surface area contributed by atoms with Crippen LogP contribution in [0.15, 0.2) is 52.2 Å². The van der Waals surface area contributed by atoms with Crippen molar-refractivity contribution >= 4 is 44.5 Å². The number of hydrogen-bond acceptors (Lipinski definition) is 5. The molecule has 8 heteroatoms. The van der Waals surface area contributed by atoms with Crippen LogP contribution in [-0.2, 0) is 10.0 Å². The predicted molar refractivity (Wildman–Crippen MR) is 108 cm³/mol. The first kappa shape index (κ1) is 18.9. The molecule has 6 nitrogen and oxygen atoms in total. The molecule has 3 rings (SSSR count). The van der Waals surface area contributed by atoms with Crippen molar-refractivity contribution in [2.45, 2.75) is 17.7 Å². The van der Waals surface area contributed by atoms with E-state index in [9.17, 15) is 13.2 Å². The maximum atomic E-state index is 12.6. The fourth-order valence-electron chi connectivity index (χ4n) is 2.88. The average Bonchev–Trinajstić information content (AvgIpc) is 2.61. The van der Waals surface area contributed by atoms with Gasteiger partial charge in [-0.25, -0.2) is 13.1 Å². The number of pyridine rings is 1. The summed E-state index contributed by atoms with van der Waals surface area (Å²) in [5.74, 6) is 0. The van der Waals surface area contributed by atoms with E-state index < -0.39 is 10.0 Å². The fourth-order valence-corrected chi connectivity index (χ4v) is 4.12. The Labute approximate surface area is 157 Å². The second-order valence-corrected chi connectivity index (χ2v) is 8.64. The normalized spacial score (nSPS) is 12.3. The van der Waals surface area contributed by atoms with Crippen LogP contribution in [0, 0.1) is 0 Å². The highest BCUT2D eigenvalue weighted by atomic mass is 32.2. The van der Waals surface area contributed by atoms with E-state index in [1.807, 2.05) is 19.2 Å². The number of H-pyrrole nitrogens is 1. The Hall–Kier alpha value is -1.87. The molecule has 0 fully saturated rings. The van der Waals surface area contributed by atoms with Crippen LogP contribution in [0.4, 0.5) is 0 Å². The predicted octanol–water partition coefficient (Wildman–Crippen LogP) is 2.52. The van der Waals surface area contributed by atoms with Crippen molar-refractivity contribution in [3.8, 4) is 0 Å². The summed E-state index contributed by atoms with van der Waals surface area (Å²) in [6.45, 7) is 1.16. The van der Waals surface area contributed by atoms with Crippen molar-refractivity contribution in [2.24, 2.45) is 0 Å². The van der Waals surface area contributed by atoms with Crippen LogP contribution in [0.1, 0.15) is 12.8 Å². The largest absolute Gasteiger partial charge is 0.321 e. The van der Waals surface area contributed by atoms with E-state index in [0.717, 1.165) is 24.8 Å². The van der Waals surface area contributed by atoms with E-state index in [0.29, 0.717) is 22.8 Å². The molecule has 0 unspecified atom stereocenters. The van der Waals surface area contributed by atoms with E-state index in [1.165, 1.54) is 6.07 Å². The minimum atomic E-state index is -3.61. The van der Waals surface area contributed by atoms with Gasteiger partial charge >= 0.3 is 0 Å². The maximum absolute atomic E-state index is 12.6. The number of aromatic amines is 1. The summed E-state index contributed by atoms with van der Waals surface area (Å²) in [7, 11) is -1.75. The molecule has 26 heavy (non-hydrogen) atoms. The molecule has 0 aliphatic rings. The van der Waals surface area contributed by atoms with Crippen molar-refractivity contribution in [1.82, 2.24) is 14.0 Å². The minimum absolute atomic E-state index is 0.184. The molecule has 0 bridgehead atoms. The van der Waals surface area contributed by atoms with E-state index in [4.69, 9.17) is 0 Å². The van der Waals surface area contributed by atoms with Crippen LogP contribution < -0.4 is 10.3 Å². The second kappa shape index (κ2) is 7.79. The summed E-state index contributed by atoms with van der Waals surface area (Å²) in [6, 6.07) is 11.9. The zero-order chi connectivity index (χ0) is 18.7. The molecule has 1 aromatic heterocycles. The minimum Gasteiger partial charge on any atom is -0.321 e. The first-order valence-electron chi connectivity index (χ1n) is 8.33. The Morgan fingerprint density at radius 1 is 1.08 bits per heavy atom. The van der Waals surface area contributed by atoms with Crippen LogP contribution in [0.3, 0.4) is 0 Å². The first-order chi connectivity index (χ1) is 12.4. The van der Waals surface area contributed by atoms with Gasteiger partial charge in [0.1, 0.15) is 0 Å². The van der Waals surface area contributed by atoms with Gasteiger partial charge in [0.2, 0.25) is 10.0 Å². The number of aromatic nitrogens is 1. The highest BCUT2D eigenvalue weighted by Crippen LogP contribution is 2.24. The molecule has 0 spiro atoms. The van der Waals surface area contributed by atoms with Gasteiger partial charge in [-0.05, 0) is 49.5 Å². The summed E-state index contributed by atoms with van der Waals surface area (Å²) in [5.41, 5.74) is 0.431. The molecular formula is C18H21N3O3S2. The Kier molecular flexibility index (Phi) is 5.67. The van der Waals surface area contributed by atoms with Crippen LogP contribution in [0.25, 0.3) is 21.7 Å². The third kappa shape index (κ3) is 4.09. The van der Waals surface area contributed by atoms with Gasteiger partial charge in [-0.1, -0.05) is 31.0 Å². The van der Waals surface area contributed by atoms with E-state index in [1.54, 1.807) is 28.6 Å². The molecule has 3 aromatic rings. The van der Waals surface area contributed by atoms with Gasteiger partial charge in [0.15, 0.2) is 0 Å². The standard InChI is InChI=1S/C18H21N3O3S2/c1-21(25)11-5-4-10-19-26(23,24)13-8-9-17-16(12-13)14-6-2-3-7-15(14)18(22)20-17/h2-3,6-9,12,19,25H,4-5,10-11H2,1H3,(H,20,22). The molecule has 0 aliphatic heterocycles. The first-order valence-corrected chi connectivity index (χ1v) is 10.2. The van der Waals surface area contributed by atoms with Crippen LogP contribution in [-0.4, -0.2) is 37.8 Å². The van der Waals surface area contributed by atoms with E-state index >= 15 is 0 Å². The van der Waals surface area contributed by atoms with Gasteiger partial charge < -0.3 is 4.98 Å². The van der Waals surface area contributed by atoms with Gasteiger partial charge in [0, 0.05) is 29.4 Å². The van der Waals surface area contributed by atoms with Gasteiger partial charge in [0.05, 0.1) is 4.90 Å². The SMILES string of the molecule is CN(S)CCCCNS(=O)(=O)c1ccc2[nH]c(=O)c3ccccc3c2c1. The smallest absolute Gasteiger partial charge is 0.256 e. The molecule has 0 saturated carbocycles. The number of nitrogens with zero attached hydrogens (tertiary/aromatic N) is 1. The van der Waals surface area contributed by atoms with Crippen molar-refractivity contribution in [2.75, 3.05) is 20.1 Å². The zero-order valence-electron chi connectivity index (χ0n) is 14.4. The zero-order valence-corrected chi connectivity index (χ0v) is 16.1. The molecule has 2 aromatic carbocycles. The Balaban J connectivity index is 1.89. The lowest BCUT2D eigenvalue weighted by Crippen LogP contribution is -2.25. The van der Waals surface area contributed by atoms with Crippen molar-refractivity contribution in [3.63, 3.8) is 0 Å². The van der Waals surface area contributed by atoms with Crippen LogP contribution >= 0.6 is 12.8 Å². The molecule has 0 radical (unpaired) electrons. The van der Waals surface area contributed by atoms with Crippen molar-refractivity contribution < 1.29 is 8.42 Å². The molecule has 0 atom stereocenters. The Morgan fingerprint density at radius 2 is 1.81 bits per heavy atom. The van der Waals surface area contributed by atoms with Gasteiger partial charge in [0.25, 0.3) is 5.56 Å². The van der Waals surface area contributed by atoms with Crippen molar-refractivity contribution in [1.29, 1.82) is 0 Å². The number of hydrogen-bond donors (Lipinski definition) is 3. The number of benzene rings is 2. The highest BCUT2D eigenvalue weighted by molar-refractivity contribution is 7.89. The lowest BCUT2D eigenvalue weighted by molar-refractivity contribution is 0.527. The number of fused-ring (bicyclic) bond motifs is 3. The fraction of sp³-hybridized carbons (Fsp3) is 0.278. The summed E-state index contributed by atoms with van der Waals surface area (Å²) >= 11 is 4.15. The number of thiol groups is 1. The van der Waals surface area contributed by atoms with Gasteiger partial charge in [-0.2, -0.15) is 0 Å². The molecule has 0 amide bonds. The molecule has 138 valence electrons. The number of rotatable bonds is 7. The quantitative estimate of drug-likeness (QED) is 0.328. The average molecular weight is 392 g/mol. The van der Waals surface area contributed by atoms with E-state index in [-0.39, 0.29) is 10.5 Å². The lowest BCUT2D eigenvalue weighted by Gasteiger charge is -2.10. The van der Waals surface area contributed by atoms with Gasteiger partial charge in [-0.3, -0.25) is 9.10 Å². The second-order valence-electron chi connectivity index (χ2n) is 6.19. The number of unbranched alkanes of at least 4 members (excludes halogenated alkanes) is 1. The summed E-state index contributed by atoms with van der Waals surface area (Å²) in [4.78, 5) is 15.1. The van der Waals surface area contributed by atoms with Crippen LogP contribution in [0.5, 0.6) is 0 Å². The monoisotopic (exact) mass is 391 g/mol. The topological polar surface area (TPSA) is 82.3 Å². The third-order valence-electron chi connectivity index (χ3n) is 4.21. The summed E-state index contributed by atoms with van der Waals surface area (Å²) in [5, 5.41) is 1.98. The lowest BCUT2D eigenvalue weighted by atomic mass is 10.1. The number of nitrogens with one attached hydrogen (secondary N) is 2. The maximum Gasteiger partial charge on any atom is 0.256 e. The Morgan fingerprint density at radius 3 is 2.54 bits per heavy atom. The third-order valence-corrected chi connectivity index (χ3v) is 5.87. The molecule has 0 saturated heterocycles. The Bertz CT molecular complexity index is 1090. The van der Waals surface area contributed by atoms with Crippen LogP contribution in [0.2, 0.25) is 0 Å². The van der Waals surface area contributed by atoms with E-state index in [2.05, 4.69) is 22.5 Å². The molecule has 1 heterocycles. The molecular weight excluding hydrogens is 370 g/mol. The summed E-state index contributed by atoms with van der Waals surface area (Å²) in [6.07, 6.45) is 1.58. The van der Waals surface area contributed by atoms with Gasteiger partial charge in [-0.15, -0.1) is 0 Å².